The molecule has 0 aromatic rings. The number of hydrogen-bond acceptors (Lipinski definition) is 6. The second kappa shape index (κ2) is 6.52. The molecule has 2 amide bonds. The second-order valence-electron chi connectivity index (χ2n) is 3.68. The van der Waals surface area contributed by atoms with E-state index in [-0.39, 0.29) is 24.4 Å². The molecule has 0 bridgehead atoms. The van der Waals surface area contributed by atoms with Crippen molar-refractivity contribution >= 4 is 17.8 Å². The summed E-state index contributed by atoms with van der Waals surface area (Å²) in [4.78, 5) is 38.2. The topological polar surface area (TPSA) is 126 Å². The number of rotatable bonds is 7. The van der Waals surface area contributed by atoms with E-state index in [2.05, 4.69) is 10.1 Å². The quantitative estimate of drug-likeness (QED) is 0.282. The van der Waals surface area contributed by atoms with Crippen molar-refractivity contribution in [2.24, 2.45) is 5.28 Å². The number of carbonyl (C=O) groups is 3. The van der Waals surface area contributed by atoms with Gasteiger partial charge in [0.1, 0.15) is 0 Å². The Morgan fingerprint density at radius 3 is 2.58 bits per heavy atom. The smallest absolute Gasteiger partial charge is 0.329 e. The van der Waals surface area contributed by atoms with Gasteiger partial charge in [-0.15, -0.1) is 5.01 Å². The summed E-state index contributed by atoms with van der Waals surface area (Å²) in [7, 11) is 0. The van der Waals surface area contributed by atoms with Gasteiger partial charge in [-0.1, -0.05) is 0 Å². The van der Waals surface area contributed by atoms with Crippen LogP contribution in [0.5, 0.6) is 0 Å². The van der Waals surface area contributed by atoms with Crippen LogP contribution in [0.3, 0.4) is 0 Å². The standard InChI is InChI=1S/C9H14N4O6/c1-2-11(5-9(16)17)13(18)10-19-6-12-7(14)3-4-8(12)15/h2-6H2,1H3,(H,16,17). The molecule has 1 saturated heterocycles. The van der Waals surface area contributed by atoms with E-state index in [9.17, 15) is 19.6 Å². The van der Waals surface area contributed by atoms with E-state index in [0.717, 1.165) is 9.91 Å². The molecule has 0 radical (unpaired) electrons. The maximum absolute atomic E-state index is 11.3. The number of carboxylic acids is 1. The Labute approximate surface area is 108 Å². The summed E-state index contributed by atoms with van der Waals surface area (Å²) in [5.74, 6) is -1.98. The van der Waals surface area contributed by atoms with Crippen LogP contribution in [0.1, 0.15) is 19.8 Å². The van der Waals surface area contributed by atoms with Crippen LogP contribution in [0, 0.1) is 5.21 Å². The van der Waals surface area contributed by atoms with Gasteiger partial charge in [-0.05, 0) is 6.92 Å². The summed E-state index contributed by atoms with van der Waals surface area (Å²) in [5.41, 5.74) is 0. The molecule has 0 aromatic carbocycles. The number of likely N-dealkylation sites (tertiary alicyclic amines) is 1. The molecule has 1 heterocycles. The molecule has 0 aliphatic carbocycles. The summed E-state index contributed by atoms with van der Waals surface area (Å²) in [5, 5.41) is 23.8. The van der Waals surface area contributed by atoms with Gasteiger partial charge in [-0.2, -0.15) is 0 Å². The highest BCUT2D eigenvalue weighted by Gasteiger charge is 2.29. The fraction of sp³-hybridized carbons (Fsp3) is 0.667. The molecule has 1 N–H and O–H groups in total. The first-order valence-electron chi connectivity index (χ1n) is 5.55. The number of aliphatic carboxylic acids is 1. The van der Waals surface area contributed by atoms with Gasteiger partial charge in [-0.25, -0.2) is 4.90 Å². The Morgan fingerprint density at radius 1 is 1.53 bits per heavy atom. The summed E-state index contributed by atoms with van der Waals surface area (Å²) in [6.07, 6.45) is 0.229. The Balaban J connectivity index is 2.48. The van der Waals surface area contributed by atoms with Gasteiger partial charge in [0.15, 0.2) is 6.54 Å². The number of carboxylic acid groups (broad SMARTS) is 1. The molecule has 0 unspecified atom stereocenters. The van der Waals surface area contributed by atoms with Crippen LogP contribution in [0.15, 0.2) is 5.28 Å². The van der Waals surface area contributed by atoms with Crippen molar-refractivity contribution in [1.29, 1.82) is 0 Å². The van der Waals surface area contributed by atoms with Gasteiger partial charge < -0.3 is 15.2 Å². The first kappa shape index (κ1) is 14.7. The fourth-order valence-electron chi connectivity index (χ4n) is 1.40. The highest BCUT2D eigenvalue weighted by atomic mass is 16.7. The minimum atomic E-state index is -1.19. The Hall–Kier alpha value is -2.39. The molecule has 0 atom stereocenters. The third kappa shape index (κ3) is 4.08. The number of imide groups is 1. The number of hydrogen-bond donors (Lipinski definition) is 1. The van der Waals surface area contributed by atoms with E-state index in [1.54, 1.807) is 6.92 Å². The molecule has 1 fully saturated rings. The zero-order chi connectivity index (χ0) is 14.4. The highest BCUT2D eigenvalue weighted by molar-refractivity contribution is 6.01. The first-order valence-corrected chi connectivity index (χ1v) is 5.55. The average Bonchev–Trinajstić information content (AvgIpc) is 2.67. The Kier molecular flexibility index (Phi) is 5.03. The zero-order valence-electron chi connectivity index (χ0n) is 10.3. The lowest BCUT2D eigenvalue weighted by molar-refractivity contribution is -0.708. The van der Waals surface area contributed by atoms with Crippen LogP contribution in [-0.2, 0) is 19.2 Å². The maximum atomic E-state index is 11.3. The van der Waals surface area contributed by atoms with E-state index >= 15 is 0 Å². The summed E-state index contributed by atoms with van der Waals surface area (Å²) >= 11 is 0. The number of hydrazine groups is 1. The first-order chi connectivity index (χ1) is 8.95. The predicted molar refractivity (Wildman–Crippen MR) is 58.0 cm³/mol. The largest absolute Gasteiger partial charge is 0.569 e. The lowest BCUT2D eigenvalue weighted by Crippen LogP contribution is -2.36. The molecule has 10 heteroatoms. The molecule has 10 nitrogen and oxygen atoms in total. The second-order valence-corrected chi connectivity index (χ2v) is 3.68. The SMILES string of the molecule is CCN(CC(=O)O)[N+]([O-])=NOCN1C(=O)CCC1=O. The van der Waals surface area contributed by atoms with E-state index < -0.39 is 31.1 Å². The number of amides is 2. The van der Waals surface area contributed by atoms with E-state index in [4.69, 9.17) is 5.11 Å². The van der Waals surface area contributed by atoms with Crippen molar-refractivity contribution in [1.82, 2.24) is 9.91 Å². The third-order valence-corrected chi connectivity index (χ3v) is 2.39. The van der Waals surface area contributed by atoms with Gasteiger partial charge in [0.2, 0.25) is 23.8 Å². The van der Waals surface area contributed by atoms with Gasteiger partial charge in [-0.3, -0.25) is 14.4 Å². The Morgan fingerprint density at radius 2 is 2.11 bits per heavy atom. The molecule has 106 valence electrons. The molecule has 0 spiro atoms. The lowest BCUT2D eigenvalue weighted by Gasteiger charge is -2.14. The lowest BCUT2D eigenvalue weighted by atomic mass is 10.4. The van der Waals surface area contributed by atoms with Crippen LogP contribution in [-0.4, -0.2) is 57.6 Å². The minimum Gasteiger partial charge on any atom is -0.569 e. The molecular weight excluding hydrogens is 260 g/mol. The monoisotopic (exact) mass is 274 g/mol. The van der Waals surface area contributed by atoms with Crippen molar-refractivity contribution in [2.45, 2.75) is 19.8 Å². The molecule has 1 rings (SSSR count). The summed E-state index contributed by atoms with van der Waals surface area (Å²) in [6, 6.07) is 0. The molecule has 19 heavy (non-hydrogen) atoms. The predicted octanol–water partition coefficient (Wildman–Crippen LogP) is -0.691. The third-order valence-electron chi connectivity index (χ3n) is 2.39. The number of carbonyl (C=O) groups excluding carboxylic acids is 2. The summed E-state index contributed by atoms with van der Waals surface area (Å²) < 4.78 is 0. The van der Waals surface area contributed by atoms with Gasteiger partial charge >= 0.3 is 5.97 Å². The van der Waals surface area contributed by atoms with Crippen LogP contribution >= 0.6 is 0 Å². The summed E-state index contributed by atoms with van der Waals surface area (Å²) in [6.45, 7) is 0.691. The van der Waals surface area contributed by atoms with E-state index in [0.29, 0.717) is 0 Å². The minimum absolute atomic E-state index is 0.0286. The molecule has 1 aliphatic rings. The molecule has 0 aromatic heterocycles. The van der Waals surface area contributed by atoms with Gasteiger partial charge in [0, 0.05) is 12.8 Å². The fourth-order valence-corrected chi connectivity index (χ4v) is 1.40. The maximum Gasteiger partial charge on any atom is 0.329 e. The van der Waals surface area contributed by atoms with E-state index in [1.165, 1.54) is 0 Å². The van der Waals surface area contributed by atoms with Crippen molar-refractivity contribution in [3.8, 4) is 0 Å². The number of likely N-dealkylation sites (N-methyl/N-ethyl adjacent to an activating group) is 1. The van der Waals surface area contributed by atoms with Crippen LogP contribution in [0.4, 0.5) is 0 Å². The molecular formula is C9H14N4O6. The zero-order valence-corrected chi connectivity index (χ0v) is 10.3. The van der Waals surface area contributed by atoms with Crippen molar-refractivity contribution < 1.29 is 29.3 Å². The average molecular weight is 274 g/mol. The normalized spacial score (nSPS) is 15.8. The van der Waals surface area contributed by atoms with Crippen LogP contribution in [0.2, 0.25) is 0 Å². The number of nitrogens with zero attached hydrogens (tertiary/aromatic N) is 4. The van der Waals surface area contributed by atoms with Crippen molar-refractivity contribution in [3.05, 3.63) is 5.21 Å². The Bertz CT molecular complexity index is 394. The van der Waals surface area contributed by atoms with Gasteiger partial charge in [0.25, 0.3) is 0 Å². The molecule has 1 aliphatic heterocycles. The van der Waals surface area contributed by atoms with Crippen molar-refractivity contribution in [3.63, 3.8) is 0 Å². The van der Waals surface area contributed by atoms with Crippen LogP contribution in [0.25, 0.3) is 0 Å². The van der Waals surface area contributed by atoms with Crippen LogP contribution < -0.4 is 0 Å². The van der Waals surface area contributed by atoms with Gasteiger partial charge in [0.05, 0.1) is 11.5 Å². The van der Waals surface area contributed by atoms with Crippen molar-refractivity contribution in [2.75, 3.05) is 19.8 Å². The highest BCUT2D eigenvalue weighted by Crippen LogP contribution is 2.11. The van der Waals surface area contributed by atoms with E-state index in [1.807, 2.05) is 0 Å². The molecule has 0 saturated carbocycles.